The molecule has 0 aromatic heterocycles. The van der Waals surface area contributed by atoms with Crippen LogP contribution in [0.2, 0.25) is 0 Å². The average Bonchev–Trinajstić information content (AvgIpc) is 2.48. The van der Waals surface area contributed by atoms with Crippen molar-refractivity contribution >= 4 is 16.7 Å². The van der Waals surface area contributed by atoms with E-state index in [-0.39, 0.29) is 18.3 Å². The molecule has 20 heavy (non-hydrogen) atoms. The number of aliphatic hydroxyl groups excluding tert-OH is 1. The molecule has 0 radical (unpaired) electrons. The lowest BCUT2D eigenvalue weighted by Gasteiger charge is -2.21. The summed E-state index contributed by atoms with van der Waals surface area (Å²) < 4.78 is 13.8. The van der Waals surface area contributed by atoms with Gasteiger partial charge in [-0.3, -0.25) is 4.79 Å². The van der Waals surface area contributed by atoms with Crippen molar-refractivity contribution in [1.29, 1.82) is 0 Å². The van der Waals surface area contributed by atoms with Crippen molar-refractivity contribution in [1.82, 2.24) is 4.90 Å². The minimum Gasteiger partial charge on any atom is -0.396 e. The molecule has 2 aromatic carbocycles. The van der Waals surface area contributed by atoms with Crippen molar-refractivity contribution in [3.8, 4) is 0 Å². The van der Waals surface area contributed by atoms with Crippen LogP contribution in [0.1, 0.15) is 23.7 Å². The van der Waals surface area contributed by atoms with Gasteiger partial charge in [0, 0.05) is 30.6 Å². The molecule has 2 rings (SSSR count). The lowest BCUT2D eigenvalue weighted by Crippen LogP contribution is -2.32. The third-order valence-corrected chi connectivity index (χ3v) is 3.36. The first-order valence-electron chi connectivity index (χ1n) is 6.76. The van der Waals surface area contributed by atoms with Crippen molar-refractivity contribution in [3.05, 3.63) is 47.8 Å². The van der Waals surface area contributed by atoms with Crippen molar-refractivity contribution in [2.24, 2.45) is 0 Å². The highest BCUT2D eigenvalue weighted by molar-refractivity contribution is 6.07. The van der Waals surface area contributed by atoms with Crippen LogP contribution in [-0.4, -0.2) is 35.6 Å². The van der Waals surface area contributed by atoms with E-state index in [1.165, 1.54) is 12.1 Å². The van der Waals surface area contributed by atoms with Gasteiger partial charge in [-0.25, -0.2) is 4.39 Å². The maximum atomic E-state index is 13.8. The first-order valence-corrected chi connectivity index (χ1v) is 6.76. The minimum atomic E-state index is -0.324. The summed E-state index contributed by atoms with van der Waals surface area (Å²) in [6, 6.07) is 9.83. The van der Waals surface area contributed by atoms with E-state index < -0.39 is 0 Å². The molecule has 3 nitrogen and oxygen atoms in total. The van der Waals surface area contributed by atoms with Gasteiger partial charge in [0.1, 0.15) is 5.82 Å². The molecule has 2 aromatic rings. The van der Waals surface area contributed by atoms with Crippen LogP contribution in [0.25, 0.3) is 10.8 Å². The first-order chi connectivity index (χ1) is 9.69. The Balaban J connectivity index is 2.41. The fourth-order valence-electron chi connectivity index (χ4n) is 2.28. The Labute approximate surface area is 117 Å². The number of nitrogens with zero attached hydrogens (tertiary/aromatic N) is 1. The van der Waals surface area contributed by atoms with Gasteiger partial charge in [0.25, 0.3) is 5.91 Å². The molecule has 0 aliphatic heterocycles. The van der Waals surface area contributed by atoms with Crippen molar-refractivity contribution in [2.45, 2.75) is 13.3 Å². The molecule has 0 bridgehead atoms. The summed E-state index contributed by atoms with van der Waals surface area (Å²) in [6.45, 7) is 3.00. The Morgan fingerprint density at radius 1 is 1.20 bits per heavy atom. The highest BCUT2D eigenvalue weighted by Gasteiger charge is 2.17. The van der Waals surface area contributed by atoms with Gasteiger partial charge in [0.2, 0.25) is 0 Å². The zero-order valence-corrected chi connectivity index (χ0v) is 11.5. The molecule has 1 N–H and O–H groups in total. The zero-order valence-electron chi connectivity index (χ0n) is 11.5. The number of fused-ring (bicyclic) bond motifs is 1. The standard InChI is InChI=1S/C16H18FNO2/c1-2-18(10-5-11-19)16(20)14-8-9-15(17)13-7-4-3-6-12(13)14/h3-4,6-9,19H,2,5,10-11H2,1H3. The third-order valence-electron chi connectivity index (χ3n) is 3.36. The summed E-state index contributed by atoms with van der Waals surface area (Å²) in [7, 11) is 0. The number of rotatable bonds is 5. The molecular formula is C16H18FNO2. The molecule has 0 fully saturated rings. The molecule has 0 atom stereocenters. The van der Waals surface area contributed by atoms with E-state index >= 15 is 0 Å². The van der Waals surface area contributed by atoms with Gasteiger partial charge in [0.05, 0.1) is 0 Å². The zero-order chi connectivity index (χ0) is 14.5. The summed E-state index contributed by atoms with van der Waals surface area (Å²) in [5.74, 6) is -0.451. The number of carbonyl (C=O) groups excluding carboxylic acids is 1. The number of carbonyl (C=O) groups is 1. The number of hydrogen-bond donors (Lipinski definition) is 1. The average molecular weight is 275 g/mol. The Hall–Kier alpha value is -1.94. The van der Waals surface area contributed by atoms with E-state index in [2.05, 4.69) is 0 Å². The monoisotopic (exact) mass is 275 g/mol. The van der Waals surface area contributed by atoms with Crippen LogP contribution in [-0.2, 0) is 0 Å². The molecule has 0 saturated carbocycles. The van der Waals surface area contributed by atoms with Gasteiger partial charge in [-0.15, -0.1) is 0 Å². The van der Waals surface area contributed by atoms with Crippen molar-refractivity contribution in [3.63, 3.8) is 0 Å². The summed E-state index contributed by atoms with van der Waals surface area (Å²) in [6.07, 6.45) is 0.540. The molecular weight excluding hydrogens is 257 g/mol. The third kappa shape index (κ3) is 2.80. The molecule has 0 spiro atoms. The van der Waals surface area contributed by atoms with E-state index in [0.717, 1.165) is 0 Å². The first kappa shape index (κ1) is 14.5. The highest BCUT2D eigenvalue weighted by Crippen LogP contribution is 2.23. The molecule has 106 valence electrons. The van der Waals surface area contributed by atoms with E-state index in [1.54, 1.807) is 29.2 Å². The quantitative estimate of drug-likeness (QED) is 0.911. The van der Waals surface area contributed by atoms with Gasteiger partial charge in [-0.1, -0.05) is 24.3 Å². The lowest BCUT2D eigenvalue weighted by atomic mass is 10.0. The molecule has 0 aliphatic carbocycles. The van der Waals surface area contributed by atoms with Crippen LogP contribution < -0.4 is 0 Å². The summed E-state index contributed by atoms with van der Waals surface area (Å²) in [5, 5.41) is 9.96. The molecule has 0 aliphatic rings. The summed E-state index contributed by atoms with van der Waals surface area (Å²) in [5.41, 5.74) is 0.502. The van der Waals surface area contributed by atoms with Gasteiger partial charge in [-0.05, 0) is 30.9 Å². The topological polar surface area (TPSA) is 40.5 Å². The Kier molecular flexibility index (Phi) is 4.69. The Morgan fingerprint density at radius 3 is 2.55 bits per heavy atom. The number of halogens is 1. The molecule has 1 amide bonds. The maximum Gasteiger partial charge on any atom is 0.254 e. The maximum absolute atomic E-state index is 13.8. The van der Waals surface area contributed by atoms with Crippen LogP contribution in [0.3, 0.4) is 0 Å². The normalized spacial score (nSPS) is 10.8. The van der Waals surface area contributed by atoms with Crippen molar-refractivity contribution < 1.29 is 14.3 Å². The predicted molar refractivity (Wildman–Crippen MR) is 77.2 cm³/mol. The van der Waals surface area contributed by atoms with Crippen LogP contribution in [0.15, 0.2) is 36.4 Å². The largest absolute Gasteiger partial charge is 0.396 e. The second kappa shape index (κ2) is 6.48. The predicted octanol–water partition coefficient (Wildman–Crippen LogP) is 2.82. The number of hydrogen-bond acceptors (Lipinski definition) is 2. The number of benzene rings is 2. The highest BCUT2D eigenvalue weighted by atomic mass is 19.1. The van der Waals surface area contributed by atoms with Gasteiger partial charge >= 0.3 is 0 Å². The van der Waals surface area contributed by atoms with Gasteiger partial charge < -0.3 is 10.0 Å². The van der Waals surface area contributed by atoms with Crippen LogP contribution in [0.5, 0.6) is 0 Å². The smallest absolute Gasteiger partial charge is 0.254 e. The van der Waals surface area contributed by atoms with Crippen LogP contribution >= 0.6 is 0 Å². The van der Waals surface area contributed by atoms with Gasteiger partial charge in [0.15, 0.2) is 0 Å². The SMILES string of the molecule is CCN(CCCO)C(=O)c1ccc(F)c2ccccc12. The Bertz CT molecular complexity index is 612. The number of aliphatic hydroxyl groups is 1. The minimum absolute atomic E-state index is 0.0495. The fourth-order valence-corrected chi connectivity index (χ4v) is 2.28. The molecule has 0 heterocycles. The van der Waals surface area contributed by atoms with E-state index in [9.17, 15) is 9.18 Å². The van der Waals surface area contributed by atoms with E-state index in [1.807, 2.05) is 6.92 Å². The van der Waals surface area contributed by atoms with Gasteiger partial charge in [-0.2, -0.15) is 0 Å². The van der Waals surface area contributed by atoms with Crippen LogP contribution in [0.4, 0.5) is 4.39 Å². The lowest BCUT2D eigenvalue weighted by molar-refractivity contribution is 0.0756. The Morgan fingerprint density at radius 2 is 1.90 bits per heavy atom. The van der Waals surface area contributed by atoms with E-state index in [4.69, 9.17) is 5.11 Å². The van der Waals surface area contributed by atoms with Crippen molar-refractivity contribution in [2.75, 3.05) is 19.7 Å². The molecule has 0 unspecified atom stereocenters. The second-order valence-corrected chi connectivity index (χ2v) is 4.60. The fraction of sp³-hybridized carbons (Fsp3) is 0.312. The molecule has 0 saturated heterocycles. The summed E-state index contributed by atoms with van der Waals surface area (Å²) in [4.78, 5) is 14.2. The second-order valence-electron chi connectivity index (χ2n) is 4.60. The summed E-state index contributed by atoms with van der Waals surface area (Å²) >= 11 is 0. The van der Waals surface area contributed by atoms with Crippen LogP contribution in [0, 0.1) is 5.82 Å². The number of amides is 1. The van der Waals surface area contributed by atoms with E-state index in [0.29, 0.717) is 35.8 Å². The molecule has 4 heteroatoms.